The molecule has 0 amide bonds. The van der Waals surface area contributed by atoms with Gasteiger partial charge in [-0.15, -0.1) is 0 Å². The molecule has 0 aliphatic rings. The van der Waals surface area contributed by atoms with Gasteiger partial charge in [-0.3, -0.25) is 0 Å². The van der Waals surface area contributed by atoms with Gasteiger partial charge in [0.15, 0.2) is 0 Å². The summed E-state index contributed by atoms with van der Waals surface area (Å²) >= 11 is 0. The number of ketones is 1. The van der Waals surface area contributed by atoms with Crippen molar-refractivity contribution >= 4 is 5.78 Å². The van der Waals surface area contributed by atoms with Gasteiger partial charge in [-0.2, -0.15) is 0 Å². The maximum Gasteiger partial charge on any atom is 0.129 e. The quantitative estimate of drug-likeness (QED) is 0.555. The summed E-state index contributed by atoms with van der Waals surface area (Å²) in [5.41, 5.74) is -0.157. The lowest BCUT2D eigenvalue weighted by atomic mass is 10.1. The van der Waals surface area contributed by atoms with Gasteiger partial charge in [-0.25, -0.2) is 0 Å². The predicted octanol–water partition coefficient (Wildman–Crippen LogP) is 2.56. The number of rotatable bonds is 12. The van der Waals surface area contributed by atoms with Crippen molar-refractivity contribution in [3.8, 4) is 0 Å². The number of ether oxygens (including phenoxy) is 2. The molecule has 4 nitrogen and oxygen atoms in total. The third-order valence-corrected chi connectivity index (χ3v) is 3.03. The van der Waals surface area contributed by atoms with Gasteiger partial charge in [0, 0.05) is 19.6 Å². The number of Topliss-reactive ketones (excluding diaryl/α,β-unsaturated/α-hetero) is 1. The van der Waals surface area contributed by atoms with E-state index in [9.17, 15) is 4.79 Å². The van der Waals surface area contributed by atoms with Crippen molar-refractivity contribution in [3.05, 3.63) is 0 Å². The first-order valence-corrected chi connectivity index (χ1v) is 7.33. The first kappa shape index (κ1) is 18.6. The average Bonchev–Trinajstić information content (AvgIpc) is 2.32. The molecule has 1 unspecified atom stereocenters. The van der Waals surface area contributed by atoms with Crippen LogP contribution in [-0.4, -0.2) is 43.8 Å². The third kappa shape index (κ3) is 12.3. The monoisotopic (exact) mass is 273 g/mol. The standard InChI is InChI=1S/C15H31NO3/c1-6-16-10-12-19-15(4,5)9-11-18-14(3)8-7-13(2)17/h14,16H,6-12H2,1-5H3. The smallest absolute Gasteiger partial charge is 0.129 e. The van der Waals surface area contributed by atoms with Gasteiger partial charge in [-0.1, -0.05) is 6.92 Å². The number of nitrogens with one attached hydrogen (secondary N) is 1. The van der Waals surface area contributed by atoms with Crippen LogP contribution < -0.4 is 5.32 Å². The van der Waals surface area contributed by atoms with E-state index >= 15 is 0 Å². The van der Waals surface area contributed by atoms with Crippen LogP contribution >= 0.6 is 0 Å². The van der Waals surface area contributed by atoms with E-state index in [4.69, 9.17) is 9.47 Å². The summed E-state index contributed by atoms with van der Waals surface area (Å²) in [4.78, 5) is 10.9. The van der Waals surface area contributed by atoms with Crippen LogP contribution in [0, 0.1) is 0 Å². The van der Waals surface area contributed by atoms with Gasteiger partial charge in [0.2, 0.25) is 0 Å². The van der Waals surface area contributed by atoms with Crippen molar-refractivity contribution in [1.29, 1.82) is 0 Å². The van der Waals surface area contributed by atoms with Crippen LogP contribution in [0.3, 0.4) is 0 Å². The number of hydrogen-bond acceptors (Lipinski definition) is 4. The van der Waals surface area contributed by atoms with Gasteiger partial charge in [-0.05, 0) is 47.1 Å². The van der Waals surface area contributed by atoms with E-state index in [2.05, 4.69) is 26.1 Å². The van der Waals surface area contributed by atoms with E-state index in [0.29, 0.717) is 13.0 Å². The summed E-state index contributed by atoms with van der Waals surface area (Å²) in [6, 6.07) is 0. The molecular weight excluding hydrogens is 242 g/mol. The second-order valence-corrected chi connectivity index (χ2v) is 5.63. The van der Waals surface area contributed by atoms with Crippen LogP contribution in [-0.2, 0) is 14.3 Å². The highest BCUT2D eigenvalue weighted by Gasteiger charge is 2.18. The fourth-order valence-corrected chi connectivity index (χ4v) is 1.64. The summed E-state index contributed by atoms with van der Waals surface area (Å²) < 4.78 is 11.5. The number of hydrogen-bond donors (Lipinski definition) is 1. The Hall–Kier alpha value is -0.450. The molecule has 0 fully saturated rings. The van der Waals surface area contributed by atoms with Crippen LogP contribution in [0.5, 0.6) is 0 Å². The Labute approximate surface area is 118 Å². The Morgan fingerprint density at radius 3 is 2.58 bits per heavy atom. The molecule has 0 aromatic heterocycles. The van der Waals surface area contributed by atoms with Gasteiger partial charge < -0.3 is 19.6 Å². The fourth-order valence-electron chi connectivity index (χ4n) is 1.64. The minimum atomic E-state index is -0.157. The van der Waals surface area contributed by atoms with E-state index in [1.807, 2.05) is 6.92 Å². The highest BCUT2D eigenvalue weighted by atomic mass is 16.5. The van der Waals surface area contributed by atoms with Crippen molar-refractivity contribution in [2.24, 2.45) is 0 Å². The Morgan fingerprint density at radius 1 is 1.32 bits per heavy atom. The van der Waals surface area contributed by atoms with E-state index in [0.717, 1.165) is 32.5 Å². The van der Waals surface area contributed by atoms with E-state index in [-0.39, 0.29) is 17.5 Å². The van der Waals surface area contributed by atoms with Crippen molar-refractivity contribution in [3.63, 3.8) is 0 Å². The SMILES string of the molecule is CCNCCOC(C)(C)CCOC(C)CCC(C)=O. The highest BCUT2D eigenvalue weighted by Crippen LogP contribution is 2.15. The van der Waals surface area contributed by atoms with Crippen molar-refractivity contribution in [2.75, 3.05) is 26.3 Å². The van der Waals surface area contributed by atoms with E-state index < -0.39 is 0 Å². The lowest BCUT2D eigenvalue weighted by molar-refractivity contribution is -0.117. The normalized spacial score (nSPS) is 13.5. The zero-order valence-electron chi connectivity index (χ0n) is 13.3. The van der Waals surface area contributed by atoms with E-state index in [1.165, 1.54) is 0 Å². The molecule has 0 radical (unpaired) electrons. The second-order valence-electron chi connectivity index (χ2n) is 5.63. The molecule has 0 aliphatic carbocycles. The topological polar surface area (TPSA) is 47.6 Å². The molecule has 4 heteroatoms. The molecule has 0 aromatic carbocycles. The van der Waals surface area contributed by atoms with Crippen molar-refractivity contribution in [1.82, 2.24) is 5.32 Å². The average molecular weight is 273 g/mol. The minimum absolute atomic E-state index is 0.140. The molecule has 19 heavy (non-hydrogen) atoms. The van der Waals surface area contributed by atoms with E-state index in [1.54, 1.807) is 6.92 Å². The van der Waals surface area contributed by atoms with Crippen LogP contribution in [0.15, 0.2) is 0 Å². The number of likely N-dealkylation sites (N-methyl/N-ethyl adjacent to an activating group) is 1. The lowest BCUT2D eigenvalue weighted by Crippen LogP contribution is -2.31. The second kappa shape index (κ2) is 10.4. The molecule has 0 aromatic rings. The van der Waals surface area contributed by atoms with Gasteiger partial charge in [0.1, 0.15) is 5.78 Å². The summed E-state index contributed by atoms with van der Waals surface area (Å²) in [5, 5.41) is 3.23. The molecule has 1 atom stereocenters. The summed E-state index contributed by atoms with van der Waals surface area (Å²) in [5.74, 6) is 0.225. The summed E-state index contributed by atoms with van der Waals surface area (Å²) in [7, 11) is 0. The summed E-state index contributed by atoms with van der Waals surface area (Å²) in [6.07, 6.45) is 2.41. The fraction of sp³-hybridized carbons (Fsp3) is 0.933. The molecule has 0 rings (SSSR count). The molecule has 0 heterocycles. The Balaban J connectivity index is 3.63. The van der Waals surface area contributed by atoms with Crippen LogP contribution in [0.25, 0.3) is 0 Å². The first-order chi connectivity index (χ1) is 8.87. The maximum absolute atomic E-state index is 10.9. The molecule has 0 saturated heterocycles. The Bertz CT molecular complexity index is 242. The molecule has 114 valence electrons. The Kier molecular flexibility index (Phi) is 10.1. The molecule has 0 bridgehead atoms. The van der Waals surface area contributed by atoms with Crippen LogP contribution in [0.4, 0.5) is 0 Å². The van der Waals surface area contributed by atoms with Crippen molar-refractivity contribution in [2.45, 2.75) is 65.6 Å². The van der Waals surface area contributed by atoms with Gasteiger partial charge >= 0.3 is 0 Å². The zero-order chi connectivity index (χ0) is 14.7. The number of carbonyl (C=O) groups is 1. The third-order valence-electron chi connectivity index (χ3n) is 3.03. The van der Waals surface area contributed by atoms with Crippen molar-refractivity contribution < 1.29 is 14.3 Å². The summed E-state index contributed by atoms with van der Waals surface area (Å²) in [6.45, 7) is 13.1. The van der Waals surface area contributed by atoms with Crippen LogP contribution in [0.1, 0.15) is 53.9 Å². The lowest BCUT2D eigenvalue weighted by Gasteiger charge is -2.26. The molecular formula is C15H31NO3. The van der Waals surface area contributed by atoms with Crippen LogP contribution in [0.2, 0.25) is 0 Å². The van der Waals surface area contributed by atoms with Gasteiger partial charge in [0.25, 0.3) is 0 Å². The molecule has 0 saturated carbocycles. The largest absolute Gasteiger partial charge is 0.378 e. The highest BCUT2D eigenvalue weighted by molar-refractivity contribution is 5.75. The predicted molar refractivity (Wildman–Crippen MR) is 78.5 cm³/mol. The maximum atomic E-state index is 10.9. The van der Waals surface area contributed by atoms with Gasteiger partial charge in [0.05, 0.1) is 18.3 Å². The Morgan fingerprint density at radius 2 is 2.00 bits per heavy atom. The minimum Gasteiger partial charge on any atom is -0.378 e. The molecule has 0 spiro atoms. The molecule has 1 N–H and O–H groups in total. The zero-order valence-corrected chi connectivity index (χ0v) is 13.3. The molecule has 0 aliphatic heterocycles. The number of carbonyl (C=O) groups excluding carboxylic acids is 1. The first-order valence-electron chi connectivity index (χ1n) is 7.33.